The van der Waals surface area contributed by atoms with Crippen LogP contribution in [0.4, 0.5) is 0 Å². The van der Waals surface area contributed by atoms with E-state index >= 15 is 0 Å². The summed E-state index contributed by atoms with van der Waals surface area (Å²) in [5, 5.41) is 8.03. The SMILES string of the molecule is O=Cc1ccn2c(C3CCS(=O)(=O)C3)nnc2c1. The molecule has 1 atom stereocenters. The number of hydrogen-bond acceptors (Lipinski definition) is 5. The average molecular weight is 265 g/mol. The summed E-state index contributed by atoms with van der Waals surface area (Å²) in [7, 11) is -2.94. The highest BCUT2D eigenvalue weighted by molar-refractivity contribution is 7.91. The Morgan fingerprint density at radius 3 is 2.89 bits per heavy atom. The third-order valence-corrected chi connectivity index (χ3v) is 4.96. The number of carbonyl (C=O) groups is 1. The first-order valence-electron chi connectivity index (χ1n) is 5.59. The van der Waals surface area contributed by atoms with E-state index in [4.69, 9.17) is 0 Å². The quantitative estimate of drug-likeness (QED) is 0.736. The number of nitrogens with zero attached hydrogens (tertiary/aromatic N) is 3. The van der Waals surface area contributed by atoms with Gasteiger partial charge in [-0.2, -0.15) is 0 Å². The van der Waals surface area contributed by atoms with E-state index < -0.39 is 9.84 Å². The van der Waals surface area contributed by atoms with Gasteiger partial charge in [0.15, 0.2) is 15.5 Å². The van der Waals surface area contributed by atoms with Crippen LogP contribution >= 0.6 is 0 Å². The fourth-order valence-electron chi connectivity index (χ4n) is 2.28. The van der Waals surface area contributed by atoms with Crippen molar-refractivity contribution in [1.29, 1.82) is 0 Å². The Morgan fingerprint density at radius 1 is 1.39 bits per heavy atom. The van der Waals surface area contributed by atoms with E-state index in [2.05, 4.69) is 10.2 Å². The summed E-state index contributed by atoms with van der Waals surface area (Å²) in [6.45, 7) is 0. The van der Waals surface area contributed by atoms with Crippen LogP contribution in [0, 0.1) is 0 Å². The smallest absolute Gasteiger partial charge is 0.161 e. The molecule has 2 aromatic heterocycles. The maximum Gasteiger partial charge on any atom is 0.161 e. The molecule has 1 saturated heterocycles. The number of aromatic nitrogens is 3. The molecule has 18 heavy (non-hydrogen) atoms. The molecule has 1 aliphatic heterocycles. The van der Waals surface area contributed by atoms with Crippen LogP contribution in [-0.4, -0.2) is 40.8 Å². The Kier molecular flexibility index (Phi) is 2.44. The van der Waals surface area contributed by atoms with Crippen LogP contribution < -0.4 is 0 Å². The molecule has 0 amide bonds. The second kappa shape index (κ2) is 3.88. The third kappa shape index (κ3) is 1.80. The van der Waals surface area contributed by atoms with Crippen LogP contribution in [0.25, 0.3) is 5.65 Å². The van der Waals surface area contributed by atoms with E-state index in [9.17, 15) is 13.2 Å². The Balaban J connectivity index is 2.06. The van der Waals surface area contributed by atoms with Gasteiger partial charge in [-0.25, -0.2) is 8.42 Å². The number of sulfone groups is 1. The van der Waals surface area contributed by atoms with Gasteiger partial charge in [0.05, 0.1) is 11.5 Å². The first-order chi connectivity index (χ1) is 8.59. The lowest BCUT2D eigenvalue weighted by atomic mass is 10.1. The molecule has 2 aromatic rings. The molecular formula is C11H11N3O3S. The Hall–Kier alpha value is -1.76. The predicted octanol–water partition coefficient (Wildman–Crippen LogP) is 0.444. The summed E-state index contributed by atoms with van der Waals surface area (Å²) in [6, 6.07) is 3.29. The van der Waals surface area contributed by atoms with Gasteiger partial charge in [0, 0.05) is 17.7 Å². The third-order valence-electron chi connectivity index (χ3n) is 3.19. The Labute approximate surface area is 104 Å². The van der Waals surface area contributed by atoms with Crippen molar-refractivity contribution in [3.05, 3.63) is 29.7 Å². The highest BCUT2D eigenvalue weighted by atomic mass is 32.2. The second-order valence-corrected chi connectivity index (χ2v) is 6.69. The van der Waals surface area contributed by atoms with Crippen molar-refractivity contribution in [2.24, 2.45) is 0 Å². The van der Waals surface area contributed by atoms with E-state index in [1.807, 2.05) is 0 Å². The number of fused-ring (bicyclic) bond motifs is 1. The zero-order valence-electron chi connectivity index (χ0n) is 9.48. The van der Waals surface area contributed by atoms with E-state index in [0.29, 0.717) is 23.5 Å². The van der Waals surface area contributed by atoms with Gasteiger partial charge in [-0.3, -0.25) is 9.20 Å². The molecule has 1 aliphatic rings. The molecule has 0 N–H and O–H groups in total. The van der Waals surface area contributed by atoms with Crippen LogP contribution in [-0.2, 0) is 9.84 Å². The van der Waals surface area contributed by atoms with Crippen LogP contribution in [0.5, 0.6) is 0 Å². The molecule has 3 rings (SSSR count). The molecule has 0 radical (unpaired) electrons. The number of carbonyl (C=O) groups excluding carboxylic acids is 1. The molecule has 1 unspecified atom stereocenters. The summed E-state index contributed by atoms with van der Waals surface area (Å²) >= 11 is 0. The van der Waals surface area contributed by atoms with Crippen molar-refractivity contribution in [3.63, 3.8) is 0 Å². The van der Waals surface area contributed by atoms with Crippen LogP contribution in [0.15, 0.2) is 18.3 Å². The zero-order valence-corrected chi connectivity index (χ0v) is 10.3. The average Bonchev–Trinajstić information content (AvgIpc) is 2.91. The molecule has 3 heterocycles. The van der Waals surface area contributed by atoms with Crippen LogP contribution in [0.1, 0.15) is 28.5 Å². The van der Waals surface area contributed by atoms with Crippen molar-refractivity contribution in [2.45, 2.75) is 12.3 Å². The predicted molar refractivity (Wildman–Crippen MR) is 64.4 cm³/mol. The molecule has 0 spiro atoms. The molecule has 0 aromatic carbocycles. The number of pyridine rings is 1. The summed E-state index contributed by atoms with van der Waals surface area (Å²) in [6.07, 6.45) is 3.03. The van der Waals surface area contributed by atoms with E-state index in [-0.39, 0.29) is 17.4 Å². The maximum absolute atomic E-state index is 11.5. The van der Waals surface area contributed by atoms with Gasteiger partial charge in [0.2, 0.25) is 0 Å². The lowest BCUT2D eigenvalue weighted by Gasteiger charge is -2.05. The van der Waals surface area contributed by atoms with Gasteiger partial charge in [-0.1, -0.05) is 0 Å². The fraction of sp³-hybridized carbons (Fsp3) is 0.364. The lowest BCUT2D eigenvalue weighted by molar-refractivity contribution is 0.112. The molecule has 7 heteroatoms. The normalized spacial score (nSPS) is 22.3. The summed E-state index contributed by atoms with van der Waals surface area (Å²) in [5.74, 6) is 0.887. The van der Waals surface area contributed by atoms with Crippen molar-refractivity contribution in [1.82, 2.24) is 14.6 Å². The molecule has 94 valence electrons. The summed E-state index contributed by atoms with van der Waals surface area (Å²) < 4.78 is 24.7. The minimum absolute atomic E-state index is 0.105. The zero-order chi connectivity index (χ0) is 12.8. The first-order valence-corrected chi connectivity index (χ1v) is 7.41. The summed E-state index contributed by atoms with van der Waals surface area (Å²) in [4.78, 5) is 10.7. The number of aldehydes is 1. The topological polar surface area (TPSA) is 81.4 Å². The van der Waals surface area contributed by atoms with Crippen LogP contribution in [0.2, 0.25) is 0 Å². The largest absolute Gasteiger partial charge is 0.298 e. The fourth-order valence-corrected chi connectivity index (χ4v) is 4.01. The maximum atomic E-state index is 11.5. The van der Waals surface area contributed by atoms with Crippen molar-refractivity contribution in [2.75, 3.05) is 11.5 Å². The lowest BCUT2D eigenvalue weighted by Crippen LogP contribution is -2.07. The van der Waals surface area contributed by atoms with E-state index in [0.717, 1.165) is 6.29 Å². The van der Waals surface area contributed by atoms with E-state index in [1.54, 1.807) is 22.7 Å². The highest BCUT2D eigenvalue weighted by Crippen LogP contribution is 2.27. The standard InChI is InChI=1S/C11H11N3O3S/c15-6-8-1-3-14-10(5-8)12-13-11(14)9-2-4-18(16,17)7-9/h1,3,5-6,9H,2,4,7H2. The highest BCUT2D eigenvalue weighted by Gasteiger charge is 2.32. The molecule has 0 saturated carbocycles. The second-order valence-electron chi connectivity index (χ2n) is 4.46. The molecule has 6 nitrogen and oxygen atoms in total. The molecule has 0 bridgehead atoms. The van der Waals surface area contributed by atoms with Gasteiger partial charge in [-0.05, 0) is 18.6 Å². The van der Waals surface area contributed by atoms with E-state index in [1.165, 1.54) is 0 Å². The molecular weight excluding hydrogens is 254 g/mol. The first kappa shape index (κ1) is 11.3. The minimum atomic E-state index is -2.94. The molecule has 1 fully saturated rings. The minimum Gasteiger partial charge on any atom is -0.298 e. The van der Waals surface area contributed by atoms with Gasteiger partial charge in [-0.15, -0.1) is 10.2 Å². The van der Waals surface area contributed by atoms with Gasteiger partial charge >= 0.3 is 0 Å². The Bertz CT molecular complexity index is 720. The number of rotatable bonds is 2. The monoisotopic (exact) mass is 265 g/mol. The van der Waals surface area contributed by atoms with Crippen molar-refractivity contribution in [3.8, 4) is 0 Å². The van der Waals surface area contributed by atoms with Crippen molar-refractivity contribution >= 4 is 21.8 Å². The van der Waals surface area contributed by atoms with Gasteiger partial charge in [0.1, 0.15) is 12.1 Å². The van der Waals surface area contributed by atoms with Gasteiger partial charge in [0.25, 0.3) is 0 Å². The van der Waals surface area contributed by atoms with Gasteiger partial charge < -0.3 is 0 Å². The molecule has 0 aliphatic carbocycles. The Morgan fingerprint density at radius 2 is 2.22 bits per heavy atom. The number of hydrogen-bond donors (Lipinski definition) is 0. The summed E-state index contributed by atoms with van der Waals surface area (Å²) in [5.41, 5.74) is 1.10. The van der Waals surface area contributed by atoms with Crippen LogP contribution in [0.3, 0.4) is 0 Å². The van der Waals surface area contributed by atoms with Crippen molar-refractivity contribution < 1.29 is 13.2 Å².